The number of imidazole rings is 1. The van der Waals surface area contributed by atoms with Gasteiger partial charge in [-0.3, -0.25) is 9.59 Å². The first kappa shape index (κ1) is 31.0. The van der Waals surface area contributed by atoms with Crippen molar-refractivity contribution in [1.29, 1.82) is 0 Å². The van der Waals surface area contributed by atoms with Gasteiger partial charge in [0, 0.05) is 48.8 Å². The van der Waals surface area contributed by atoms with E-state index in [1.807, 2.05) is 58.1 Å². The second kappa shape index (κ2) is 13.8. The van der Waals surface area contributed by atoms with Crippen molar-refractivity contribution in [3.63, 3.8) is 0 Å². The predicted molar refractivity (Wildman–Crippen MR) is 163 cm³/mol. The summed E-state index contributed by atoms with van der Waals surface area (Å²) in [6.45, 7) is 6.32. The molecule has 3 N–H and O–H groups in total. The van der Waals surface area contributed by atoms with E-state index >= 15 is 0 Å². The zero-order chi connectivity index (χ0) is 31.0. The minimum atomic E-state index is -1.08. The Morgan fingerprint density at radius 2 is 1.72 bits per heavy atom. The normalized spacial score (nSPS) is 11.9. The molecule has 0 aliphatic rings. The lowest BCUT2D eigenvalue weighted by atomic mass is 9.97. The molecular formula is C33H36FN5O4. The van der Waals surface area contributed by atoms with E-state index in [4.69, 9.17) is 10.5 Å². The highest BCUT2D eigenvalue weighted by atomic mass is 19.1. The summed E-state index contributed by atoms with van der Waals surface area (Å²) in [6, 6.07) is 20.0. The average molecular weight is 586 g/mol. The molecule has 0 spiro atoms. The Labute approximate surface area is 250 Å². The van der Waals surface area contributed by atoms with Crippen LogP contribution in [0.2, 0.25) is 0 Å². The molecule has 3 aromatic carbocycles. The van der Waals surface area contributed by atoms with E-state index in [0.29, 0.717) is 24.2 Å². The van der Waals surface area contributed by atoms with E-state index in [1.54, 1.807) is 51.5 Å². The first-order valence-corrected chi connectivity index (χ1v) is 14.0. The van der Waals surface area contributed by atoms with Crippen molar-refractivity contribution in [3.8, 4) is 11.1 Å². The molecule has 1 unspecified atom stereocenters. The van der Waals surface area contributed by atoms with Crippen molar-refractivity contribution in [2.24, 2.45) is 5.73 Å². The summed E-state index contributed by atoms with van der Waals surface area (Å²) in [5, 5.41) is 2.76. The lowest BCUT2D eigenvalue weighted by Crippen LogP contribution is -2.44. The number of ether oxygens (including phenoxy) is 1. The van der Waals surface area contributed by atoms with Crippen molar-refractivity contribution in [2.45, 2.75) is 51.8 Å². The number of carbonyl (C=O) groups is 3. The van der Waals surface area contributed by atoms with Gasteiger partial charge in [0.2, 0.25) is 5.91 Å². The van der Waals surface area contributed by atoms with Gasteiger partial charge in [0.25, 0.3) is 5.91 Å². The number of benzene rings is 3. The molecule has 9 nitrogen and oxygen atoms in total. The topological polar surface area (TPSA) is 120 Å². The molecule has 0 saturated carbocycles. The molecule has 1 heterocycles. The monoisotopic (exact) mass is 585 g/mol. The number of halogens is 1. The maximum atomic E-state index is 13.8. The minimum Gasteiger partial charge on any atom is -0.458 e. The zero-order valence-corrected chi connectivity index (χ0v) is 24.5. The number of amides is 2. The number of nitrogens with two attached hydrogens (primary N) is 1. The summed E-state index contributed by atoms with van der Waals surface area (Å²) in [5.74, 6) is -2.08. The molecule has 10 heteroatoms. The van der Waals surface area contributed by atoms with Crippen LogP contribution in [-0.4, -0.2) is 45.5 Å². The first-order valence-electron chi connectivity index (χ1n) is 14.0. The van der Waals surface area contributed by atoms with Crippen LogP contribution >= 0.6 is 0 Å². The summed E-state index contributed by atoms with van der Waals surface area (Å²) >= 11 is 0. The Morgan fingerprint density at radius 1 is 1.02 bits per heavy atom. The van der Waals surface area contributed by atoms with Gasteiger partial charge in [-0.25, -0.2) is 14.2 Å². The molecule has 1 aromatic heterocycles. The molecule has 43 heavy (non-hydrogen) atoms. The van der Waals surface area contributed by atoms with E-state index in [1.165, 1.54) is 12.1 Å². The van der Waals surface area contributed by atoms with Gasteiger partial charge in [-0.2, -0.15) is 0 Å². The van der Waals surface area contributed by atoms with Crippen molar-refractivity contribution in [3.05, 3.63) is 103 Å². The molecule has 2 amide bonds. The number of primary amides is 1. The van der Waals surface area contributed by atoms with Crippen LogP contribution in [0.5, 0.6) is 0 Å². The average Bonchev–Trinajstić information content (AvgIpc) is 3.49. The summed E-state index contributed by atoms with van der Waals surface area (Å²) in [4.78, 5) is 44.3. The lowest BCUT2D eigenvalue weighted by molar-refractivity contribution is -0.157. The Bertz CT molecular complexity index is 1530. The number of hydrogen-bond acceptors (Lipinski definition) is 6. The third-order valence-corrected chi connectivity index (χ3v) is 6.60. The van der Waals surface area contributed by atoms with Gasteiger partial charge >= 0.3 is 5.97 Å². The number of nitrogens with zero attached hydrogens (tertiary/aromatic N) is 3. The Kier molecular flexibility index (Phi) is 9.92. The molecule has 4 rings (SSSR count). The molecule has 224 valence electrons. The van der Waals surface area contributed by atoms with Gasteiger partial charge in [0.05, 0.1) is 6.33 Å². The Morgan fingerprint density at radius 3 is 2.35 bits per heavy atom. The van der Waals surface area contributed by atoms with Crippen LogP contribution in [0.15, 0.2) is 91.5 Å². The second-order valence-corrected chi connectivity index (χ2v) is 11.1. The summed E-state index contributed by atoms with van der Waals surface area (Å²) < 4.78 is 21.3. The minimum absolute atomic E-state index is 0.00132. The standard InChI is InChI=1S/C33H36FN5O4/c1-33(2,3)43-32(42)29(15-16-30(35)40)37-31(41)27-14-13-26(21-28(27)23-7-5-4-6-8-23)39(20-19-38-18-17-36-22-38)25-11-9-24(34)10-12-25/h4-14,17-18,21-22,29H,15-16,19-20H2,1-3H3,(H2,35,40)(H,37,41). The van der Waals surface area contributed by atoms with E-state index < -0.39 is 29.4 Å². The number of carbonyl (C=O) groups excluding carboxylic acids is 3. The SMILES string of the molecule is CC(C)(C)OC(=O)C(CCC(N)=O)NC(=O)c1ccc(N(CCn2ccnc2)c2ccc(F)cc2)cc1-c1ccccc1. The number of hydrogen-bond donors (Lipinski definition) is 2. The molecule has 0 aliphatic carbocycles. The van der Waals surface area contributed by atoms with Crippen molar-refractivity contribution in [1.82, 2.24) is 14.9 Å². The molecular weight excluding hydrogens is 549 g/mol. The third kappa shape index (κ3) is 8.75. The third-order valence-electron chi connectivity index (χ3n) is 6.60. The molecule has 4 aromatic rings. The van der Waals surface area contributed by atoms with Crippen LogP contribution in [0, 0.1) is 5.82 Å². The van der Waals surface area contributed by atoms with E-state index in [0.717, 1.165) is 16.9 Å². The number of anilines is 2. The van der Waals surface area contributed by atoms with Gasteiger partial charge in [0.1, 0.15) is 17.5 Å². The van der Waals surface area contributed by atoms with Crippen LogP contribution in [0.25, 0.3) is 11.1 Å². The summed E-state index contributed by atoms with van der Waals surface area (Å²) in [5.41, 5.74) is 7.84. The molecule has 0 bridgehead atoms. The van der Waals surface area contributed by atoms with Gasteiger partial charge in [0.15, 0.2) is 0 Å². The summed E-state index contributed by atoms with van der Waals surface area (Å²) in [6.07, 6.45) is 5.20. The Hall–Kier alpha value is -4.99. The molecule has 0 radical (unpaired) electrons. The summed E-state index contributed by atoms with van der Waals surface area (Å²) in [7, 11) is 0. The molecule has 1 atom stereocenters. The number of nitrogens with one attached hydrogen (secondary N) is 1. The fraction of sp³-hybridized carbons (Fsp3) is 0.273. The van der Waals surface area contributed by atoms with Gasteiger partial charge in [-0.1, -0.05) is 30.3 Å². The Balaban J connectivity index is 1.72. The van der Waals surface area contributed by atoms with E-state index in [9.17, 15) is 18.8 Å². The quantitative estimate of drug-likeness (QED) is 0.220. The van der Waals surface area contributed by atoms with Crippen LogP contribution in [-0.2, 0) is 20.9 Å². The molecule has 0 fully saturated rings. The number of rotatable bonds is 12. The molecule has 0 saturated heterocycles. The van der Waals surface area contributed by atoms with Gasteiger partial charge < -0.3 is 25.3 Å². The van der Waals surface area contributed by atoms with E-state index in [-0.39, 0.29) is 18.7 Å². The number of esters is 1. The smallest absolute Gasteiger partial charge is 0.329 e. The predicted octanol–water partition coefficient (Wildman–Crippen LogP) is 5.23. The van der Waals surface area contributed by atoms with Crippen LogP contribution in [0.3, 0.4) is 0 Å². The van der Waals surface area contributed by atoms with Crippen molar-refractivity contribution < 1.29 is 23.5 Å². The van der Waals surface area contributed by atoms with Gasteiger partial charge in [-0.15, -0.1) is 0 Å². The van der Waals surface area contributed by atoms with Crippen molar-refractivity contribution in [2.75, 3.05) is 11.4 Å². The van der Waals surface area contributed by atoms with Gasteiger partial charge in [-0.05, 0) is 80.8 Å². The maximum absolute atomic E-state index is 13.8. The largest absolute Gasteiger partial charge is 0.458 e. The number of aromatic nitrogens is 2. The molecule has 0 aliphatic heterocycles. The van der Waals surface area contributed by atoms with E-state index in [2.05, 4.69) is 10.3 Å². The first-order chi connectivity index (χ1) is 20.5. The van der Waals surface area contributed by atoms with Crippen molar-refractivity contribution >= 4 is 29.2 Å². The second-order valence-electron chi connectivity index (χ2n) is 11.1. The fourth-order valence-electron chi connectivity index (χ4n) is 4.56. The van der Waals surface area contributed by atoms with Crippen LogP contribution in [0.4, 0.5) is 15.8 Å². The highest BCUT2D eigenvalue weighted by molar-refractivity contribution is 6.03. The van der Waals surface area contributed by atoms with Crippen LogP contribution < -0.4 is 16.0 Å². The van der Waals surface area contributed by atoms with Crippen LogP contribution in [0.1, 0.15) is 44.0 Å². The highest BCUT2D eigenvalue weighted by Crippen LogP contribution is 2.33. The lowest BCUT2D eigenvalue weighted by Gasteiger charge is -2.27. The maximum Gasteiger partial charge on any atom is 0.329 e. The highest BCUT2D eigenvalue weighted by Gasteiger charge is 2.28. The fourth-order valence-corrected chi connectivity index (χ4v) is 4.56. The zero-order valence-electron chi connectivity index (χ0n) is 24.5.